The Balaban J connectivity index is 2.68. The first-order chi connectivity index (χ1) is 9.17. The molecule has 5 nitrogen and oxygen atoms in total. The number of hydrogen-bond acceptors (Lipinski definition) is 4. The first-order valence-corrected chi connectivity index (χ1v) is 6.49. The Labute approximate surface area is 118 Å². The molecule has 6 heteroatoms. The fraction of sp³-hybridized carbons (Fsp3) is 0.385. The highest BCUT2D eigenvalue weighted by Crippen LogP contribution is 2.18. The Kier molecular flexibility index (Phi) is 7.02. The van der Waals surface area contributed by atoms with Crippen LogP contribution in [-0.2, 0) is 9.47 Å². The molecule has 0 heterocycles. The van der Waals surface area contributed by atoms with Gasteiger partial charge in [-0.15, -0.1) is 0 Å². The van der Waals surface area contributed by atoms with Crippen molar-refractivity contribution in [3.8, 4) is 0 Å². The predicted molar refractivity (Wildman–Crippen MR) is 80.0 cm³/mol. The van der Waals surface area contributed by atoms with E-state index in [-0.39, 0.29) is 11.4 Å². The molecule has 0 aliphatic rings. The molecule has 1 aromatic rings. The lowest BCUT2D eigenvalue weighted by Crippen LogP contribution is -2.23. The van der Waals surface area contributed by atoms with E-state index in [1.54, 1.807) is 6.21 Å². The first kappa shape index (κ1) is 15.6. The topological polar surface area (TPSA) is 68.9 Å². The molecule has 0 saturated heterocycles. The van der Waals surface area contributed by atoms with E-state index in [2.05, 4.69) is 22.7 Å². The van der Waals surface area contributed by atoms with Crippen molar-refractivity contribution in [2.75, 3.05) is 13.2 Å². The van der Waals surface area contributed by atoms with Crippen LogP contribution >= 0.6 is 12.2 Å². The number of nitrogens with one attached hydrogen (secondary N) is 1. The summed E-state index contributed by atoms with van der Waals surface area (Å²) in [5, 5.41) is 4.02. The molecule has 0 aliphatic heterocycles. The highest BCUT2D eigenvalue weighted by Gasteiger charge is 2.10. The molecule has 0 aromatic heterocycles. The minimum absolute atomic E-state index is 0.139. The van der Waals surface area contributed by atoms with E-state index in [9.17, 15) is 0 Å². The molecule has 1 rings (SSSR count). The van der Waals surface area contributed by atoms with Crippen molar-refractivity contribution in [1.82, 2.24) is 5.43 Å². The van der Waals surface area contributed by atoms with Crippen LogP contribution in [0.5, 0.6) is 0 Å². The molecule has 0 bridgehead atoms. The van der Waals surface area contributed by atoms with Gasteiger partial charge in [0.1, 0.15) is 0 Å². The Hall–Kier alpha value is -1.50. The van der Waals surface area contributed by atoms with E-state index in [0.717, 1.165) is 11.1 Å². The zero-order valence-electron chi connectivity index (χ0n) is 11.1. The Morgan fingerprint density at radius 3 is 2.37 bits per heavy atom. The van der Waals surface area contributed by atoms with Gasteiger partial charge in [-0.3, -0.25) is 5.43 Å². The molecular formula is C13H19N3O2S. The summed E-state index contributed by atoms with van der Waals surface area (Å²) in [6, 6.07) is 7.73. The van der Waals surface area contributed by atoms with Gasteiger partial charge in [-0.25, -0.2) is 0 Å². The molecule has 19 heavy (non-hydrogen) atoms. The molecule has 0 radical (unpaired) electrons. The van der Waals surface area contributed by atoms with Crippen LogP contribution in [0, 0.1) is 0 Å². The molecule has 3 N–H and O–H groups in total. The van der Waals surface area contributed by atoms with E-state index >= 15 is 0 Å². The van der Waals surface area contributed by atoms with E-state index in [1.165, 1.54) is 0 Å². The van der Waals surface area contributed by atoms with E-state index in [1.807, 2.05) is 38.1 Å². The van der Waals surface area contributed by atoms with Crippen molar-refractivity contribution in [3.63, 3.8) is 0 Å². The normalized spacial score (nSPS) is 11.1. The smallest absolute Gasteiger partial charge is 0.184 e. The highest BCUT2D eigenvalue weighted by atomic mass is 32.1. The maximum absolute atomic E-state index is 5.52. The Morgan fingerprint density at radius 2 is 1.89 bits per heavy atom. The number of hydrogen-bond donors (Lipinski definition) is 2. The standard InChI is InChI=1S/C13H19N3O2S/c1-3-17-12(18-4-2)11-7-5-10(6-8-11)9-15-16-13(14)19/h5-9,12H,3-4H2,1-2H3,(H3,14,16,19). The average Bonchev–Trinajstić information content (AvgIpc) is 2.39. The number of benzene rings is 1. The van der Waals surface area contributed by atoms with Crippen LogP contribution in [-0.4, -0.2) is 24.5 Å². The molecule has 0 atom stereocenters. The van der Waals surface area contributed by atoms with Gasteiger partial charge in [-0.1, -0.05) is 24.3 Å². The van der Waals surface area contributed by atoms with Crippen LogP contribution in [0.3, 0.4) is 0 Å². The average molecular weight is 281 g/mol. The van der Waals surface area contributed by atoms with Crippen LogP contribution in [0.25, 0.3) is 0 Å². The van der Waals surface area contributed by atoms with Crippen LogP contribution in [0.2, 0.25) is 0 Å². The molecule has 104 valence electrons. The summed E-state index contributed by atoms with van der Waals surface area (Å²) in [6.07, 6.45) is 1.31. The van der Waals surface area contributed by atoms with Gasteiger partial charge in [0.25, 0.3) is 0 Å². The van der Waals surface area contributed by atoms with Gasteiger partial charge in [0.15, 0.2) is 11.4 Å². The van der Waals surface area contributed by atoms with Crippen LogP contribution in [0.15, 0.2) is 29.4 Å². The van der Waals surface area contributed by atoms with Crippen molar-refractivity contribution in [1.29, 1.82) is 0 Å². The van der Waals surface area contributed by atoms with Gasteiger partial charge in [0.2, 0.25) is 0 Å². The zero-order chi connectivity index (χ0) is 14.1. The minimum Gasteiger partial charge on any atom is -0.375 e. The summed E-state index contributed by atoms with van der Waals surface area (Å²) >= 11 is 4.64. The van der Waals surface area contributed by atoms with E-state index in [0.29, 0.717) is 13.2 Å². The third-order valence-corrected chi connectivity index (χ3v) is 2.32. The number of thiocarbonyl (C=S) groups is 1. The minimum atomic E-state index is -0.323. The molecule has 0 amide bonds. The largest absolute Gasteiger partial charge is 0.375 e. The number of ether oxygens (including phenoxy) is 2. The molecule has 0 fully saturated rings. The van der Waals surface area contributed by atoms with Crippen molar-refractivity contribution >= 4 is 23.5 Å². The van der Waals surface area contributed by atoms with Gasteiger partial charge >= 0.3 is 0 Å². The lowest BCUT2D eigenvalue weighted by atomic mass is 10.1. The van der Waals surface area contributed by atoms with Gasteiger partial charge in [0.05, 0.1) is 6.21 Å². The third kappa shape index (κ3) is 5.78. The van der Waals surface area contributed by atoms with Crippen molar-refractivity contribution in [3.05, 3.63) is 35.4 Å². The van der Waals surface area contributed by atoms with Crippen molar-refractivity contribution < 1.29 is 9.47 Å². The summed E-state index contributed by atoms with van der Waals surface area (Å²) in [5.41, 5.74) is 9.67. The lowest BCUT2D eigenvalue weighted by Gasteiger charge is -2.17. The van der Waals surface area contributed by atoms with Gasteiger partial charge < -0.3 is 15.2 Å². The Morgan fingerprint density at radius 1 is 1.32 bits per heavy atom. The van der Waals surface area contributed by atoms with Gasteiger partial charge in [0, 0.05) is 18.8 Å². The molecule has 0 saturated carbocycles. The van der Waals surface area contributed by atoms with Crippen LogP contribution in [0.1, 0.15) is 31.3 Å². The molecular weight excluding hydrogens is 262 g/mol. The van der Waals surface area contributed by atoms with Crippen molar-refractivity contribution in [2.45, 2.75) is 20.1 Å². The van der Waals surface area contributed by atoms with E-state index < -0.39 is 0 Å². The van der Waals surface area contributed by atoms with Crippen LogP contribution in [0.4, 0.5) is 0 Å². The number of hydrazone groups is 1. The lowest BCUT2D eigenvalue weighted by molar-refractivity contribution is -0.140. The van der Waals surface area contributed by atoms with Crippen LogP contribution < -0.4 is 11.2 Å². The molecule has 0 aliphatic carbocycles. The van der Waals surface area contributed by atoms with E-state index in [4.69, 9.17) is 15.2 Å². The summed E-state index contributed by atoms with van der Waals surface area (Å²) in [5.74, 6) is 0. The second kappa shape index (κ2) is 8.58. The zero-order valence-corrected chi connectivity index (χ0v) is 11.9. The highest BCUT2D eigenvalue weighted by molar-refractivity contribution is 7.80. The summed E-state index contributed by atoms with van der Waals surface area (Å²) < 4.78 is 11.0. The van der Waals surface area contributed by atoms with Gasteiger partial charge in [-0.2, -0.15) is 5.10 Å². The fourth-order valence-corrected chi connectivity index (χ4v) is 1.51. The summed E-state index contributed by atoms with van der Waals surface area (Å²) in [4.78, 5) is 0. The predicted octanol–water partition coefficient (Wildman–Crippen LogP) is 1.93. The summed E-state index contributed by atoms with van der Waals surface area (Å²) in [7, 11) is 0. The first-order valence-electron chi connectivity index (χ1n) is 6.09. The maximum Gasteiger partial charge on any atom is 0.184 e. The van der Waals surface area contributed by atoms with Gasteiger partial charge in [-0.05, 0) is 31.6 Å². The number of nitrogens with two attached hydrogens (primary N) is 1. The number of nitrogens with zero attached hydrogens (tertiary/aromatic N) is 1. The third-order valence-electron chi connectivity index (χ3n) is 2.23. The fourth-order valence-electron chi connectivity index (χ4n) is 1.45. The second-order valence-electron chi connectivity index (χ2n) is 3.64. The maximum atomic E-state index is 5.52. The molecule has 0 unspecified atom stereocenters. The molecule has 1 aromatic carbocycles. The monoisotopic (exact) mass is 281 g/mol. The number of rotatable bonds is 7. The Bertz CT molecular complexity index is 414. The molecule has 0 spiro atoms. The quantitative estimate of drug-likeness (QED) is 0.346. The summed E-state index contributed by atoms with van der Waals surface area (Å²) in [6.45, 7) is 5.08. The second-order valence-corrected chi connectivity index (χ2v) is 4.08. The van der Waals surface area contributed by atoms with Crippen molar-refractivity contribution in [2.24, 2.45) is 10.8 Å². The SMILES string of the molecule is CCOC(OCC)c1ccc(C=NNC(N)=S)cc1.